The molecule has 92 valence electrons. The second-order valence-electron chi connectivity index (χ2n) is 4.24. The highest BCUT2D eigenvalue weighted by molar-refractivity contribution is 9.10. The van der Waals surface area contributed by atoms with E-state index in [-0.39, 0.29) is 4.90 Å². The molecule has 5 heteroatoms. The highest BCUT2D eigenvalue weighted by atomic mass is 79.9. The lowest BCUT2D eigenvalue weighted by atomic mass is 10.1. The van der Waals surface area contributed by atoms with Gasteiger partial charge in [-0.05, 0) is 52.9 Å². The molecule has 3 rings (SSSR count). The molecule has 1 aliphatic rings. The van der Waals surface area contributed by atoms with Crippen LogP contribution in [-0.2, 0) is 15.5 Å². The van der Waals surface area contributed by atoms with Crippen molar-refractivity contribution >= 4 is 35.7 Å². The van der Waals surface area contributed by atoms with Crippen LogP contribution in [0.15, 0.2) is 45.8 Å². The molecule has 0 N–H and O–H groups in total. The molecule has 0 heterocycles. The van der Waals surface area contributed by atoms with Gasteiger partial charge in [-0.1, -0.05) is 28.1 Å². The predicted octanol–water partition coefficient (Wildman–Crippen LogP) is 3.95. The Labute approximate surface area is 118 Å². The first-order valence-corrected chi connectivity index (χ1v) is 8.42. The van der Waals surface area contributed by atoms with Crippen LogP contribution in [0.5, 0.6) is 0 Å². The Morgan fingerprint density at radius 2 is 1.61 bits per heavy atom. The van der Waals surface area contributed by atoms with Crippen LogP contribution in [0.4, 0.5) is 0 Å². The molecule has 0 amide bonds. The molecular weight excluding hydrogens is 336 g/mol. The van der Waals surface area contributed by atoms with Crippen LogP contribution in [0, 0.1) is 0 Å². The van der Waals surface area contributed by atoms with E-state index >= 15 is 0 Å². The van der Waals surface area contributed by atoms with Crippen molar-refractivity contribution in [3.63, 3.8) is 0 Å². The van der Waals surface area contributed by atoms with E-state index < -0.39 is 9.05 Å². The fourth-order valence-corrected chi connectivity index (χ4v) is 3.52. The summed E-state index contributed by atoms with van der Waals surface area (Å²) in [6, 6.07) is 11.1. The van der Waals surface area contributed by atoms with Crippen LogP contribution in [-0.4, -0.2) is 8.42 Å². The lowest BCUT2D eigenvalue weighted by Crippen LogP contribution is -1.92. The first kappa shape index (κ1) is 12.2. The lowest BCUT2D eigenvalue weighted by molar-refractivity contribution is 0.609. The van der Waals surface area contributed by atoms with Gasteiger partial charge in [-0.3, -0.25) is 0 Å². The molecule has 0 unspecified atom stereocenters. The van der Waals surface area contributed by atoms with Crippen molar-refractivity contribution in [1.29, 1.82) is 0 Å². The van der Waals surface area contributed by atoms with Crippen LogP contribution in [0.1, 0.15) is 11.1 Å². The molecule has 1 aliphatic carbocycles. The van der Waals surface area contributed by atoms with Gasteiger partial charge in [0.25, 0.3) is 9.05 Å². The Balaban J connectivity index is 2.18. The maximum Gasteiger partial charge on any atom is 0.261 e. The molecule has 0 spiro atoms. The average molecular weight is 344 g/mol. The van der Waals surface area contributed by atoms with Crippen molar-refractivity contribution in [3.05, 3.63) is 52.0 Å². The van der Waals surface area contributed by atoms with Gasteiger partial charge >= 0.3 is 0 Å². The third-order valence-electron chi connectivity index (χ3n) is 3.10. The Morgan fingerprint density at radius 3 is 2.28 bits per heavy atom. The smallest absolute Gasteiger partial charge is 0.207 e. The number of hydrogen-bond acceptors (Lipinski definition) is 2. The van der Waals surface area contributed by atoms with Crippen molar-refractivity contribution in [3.8, 4) is 11.1 Å². The summed E-state index contributed by atoms with van der Waals surface area (Å²) in [7, 11) is 1.70. The molecule has 0 fully saturated rings. The monoisotopic (exact) mass is 342 g/mol. The third-order valence-corrected chi connectivity index (χ3v) is 4.94. The van der Waals surface area contributed by atoms with Gasteiger partial charge in [0.05, 0.1) is 4.90 Å². The molecule has 0 atom stereocenters. The number of halogens is 2. The molecule has 0 radical (unpaired) electrons. The summed E-state index contributed by atoms with van der Waals surface area (Å²) in [6.45, 7) is 0. The third kappa shape index (κ3) is 1.98. The molecule has 2 aromatic carbocycles. The fourth-order valence-electron chi connectivity index (χ4n) is 2.31. The minimum Gasteiger partial charge on any atom is -0.207 e. The molecule has 2 aromatic rings. The van der Waals surface area contributed by atoms with E-state index in [2.05, 4.69) is 22.0 Å². The summed E-state index contributed by atoms with van der Waals surface area (Å²) in [5.74, 6) is 0. The van der Waals surface area contributed by atoms with E-state index in [1.165, 1.54) is 5.56 Å². The molecule has 2 nitrogen and oxygen atoms in total. The minimum absolute atomic E-state index is 0.162. The molecule has 0 saturated heterocycles. The second kappa shape index (κ2) is 4.08. The van der Waals surface area contributed by atoms with Gasteiger partial charge in [0.1, 0.15) is 0 Å². The van der Waals surface area contributed by atoms with Gasteiger partial charge in [0.2, 0.25) is 0 Å². The maximum atomic E-state index is 11.3. The summed E-state index contributed by atoms with van der Waals surface area (Å²) in [5, 5.41) is 0. The standard InChI is InChI=1S/C13H8BrClO2S/c14-10-1-3-12-8(6-10)5-9-7-11(18(15,16)17)2-4-13(9)12/h1-4,6-7H,5H2. The van der Waals surface area contributed by atoms with Crippen molar-refractivity contribution in [2.75, 3.05) is 0 Å². The summed E-state index contributed by atoms with van der Waals surface area (Å²) in [4.78, 5) is 0.162. The van der Waals surface area contributed by atoms with E-state index in [0.29, 0.717) is 0 Å². The Kier molecular flexibility index (Phi) is 2.77. The van der Waals surface area contributed by atoms with Crippen LogP contribution in [0.25, 0.3) is 11.1 Å². The van der Waals surface area contributed by atoms with Gasteiger partial charge in [-0.25, -0.2) is 8.42 Å². The SMILES string of the molecule is O=S(=O)(Cl)c1ccc2c(c1)Cc1cc(Br)ccc1-2. The van der Waals surface area contributed by atoms with E-state index in [9.17, 15) is 8.42 Å². The van der Waals surface area contributed by atoms with Gasteiger partial charge < -0.3 is 0 Å². The van der Waals surface area contributed by atoms with Crippen LogP contribution >= 0.6 is 26.6 Å². The van der Waals surface area contributed by atoms with E-state index in [1.807, 2.05) is 18.2 Å². The summed E-state index contributed by atoms with van der Waals surface area (Å²) < 4.78 is 23.7. The number of hydrogen-bond donors (Lipinski definition) is 0. The molecular formula is C13H8BrClO2S. The van der Waals surface area contributed by atoms with Crippen molar-refractivity contribution < 1.29 is 8.42 Å². The Hall–Kier alpha value is -0.840. The Morgan fingerprint density at radius 1 is 1.00 bits per heavy atom. The zero-order valence-electron chi connectivity index (χ0n) is 9.15. The van der Waals surface area contributed by atoms with Crippen molar-refractivity contribution in [2.24, 2.45) is 0 Å². The van der Waals surface area contributed by atoms with E-state index in [1.54, 1.807) is 12.1 Å². The first-order chi connectivity index (χ1) is 8.45. The summed E-state index contributed by atoms with van der Waals surface area (Å²) in [5.41, 5.74) is 4.45. The molecule has 18 heavy (non-hydrogen) atoms. The van der Waals surface area contributed by atoms with Gasteiger partial charge in [-0.2, -0.15) is 0 Å². The largest absolute Gasteiger partial charge is 0.261 e. The first-order valence-electron chi connectivity index (χ1n) is 5.31. The normalized spacial score (nSPS) is 13.2. The second-order valence-corrected chi connectivity index (χ2v) is 7.72. The number of benzene rings is 2. The summed E-state index contributed by atoms with van der Waals surface area (Å²) >= 11 is 3.44. The van der Waals surface area contributed by atoms with Crippen molar-refractivity contribution in [1.82, 2.24) is 0 Å². The molecule has 0 aromatic heterocycles. The quantitative estimate of drug-likeness (QED) is 0.627. The number of rotatable bonds is 1. The van der Waals surface area contributed by atoms with Crippen LogP contribution < -0.4 is 0 Å². The molecule has 0 saturated carbocycles. The lowest BCUT2D eigenvalue weighted by Gasteiger charge is -2.02. The number of fused-ring (bicyclic) bond motifs is 3. The topological polar surface area (TPSA) is 34.1 Å². The molecule has 0 aliphatic heterocycles. The predicted molar refractivity (Wildman–Crippen MR) is 75.4 cm³/mol. The minimum atomic E-state index is -3.66. The van der Waals surface area contributed by atoms with Gasteiger partial charge in [0, 0.05) is 15.2 Å². The highest BCUT2D eigenvalue weighted by Gasteiger charge is 2.21. The van der Waals surface area contributed by atoms with Gasteiger partial charge in [0.15, 0.2) is 0 Å². The van der Waals surface area contributed by atoms with Crippen LogP contribution in [0.2, 0.25) is 0 Å². The van der Waals surface area contributed by atoms with Gasteiger partial charge in [-0.15, -0.1) is 0 Å². The average Bonchev–Trinajstić information content (AvgIpc) is 2.63. The van der Waals surface area contributed by atoms with Crippen LogP contribution in [0.3, 0.4) is 0 Å². The Bertz CT molecular complexity index is 754. The van der Waals surface area contributed by atoms with Crippen molar-refractivity contribution in [2.45, 2.75) is 11.3 Å². The zero-order valence-corrected chi connectivity index (χ0v) is 12.3. The fraction of sp³-hybridized carbons (Fsp3) is 0.0769. The van der Waals surface area contributed by atoms with E-state index in [0.717, 1.165) is 27.6 Å². The zero-order chi connectivity index (χ0) is 12.9. The summed E-state index contributed by atoms with van der Waals surface area (Å²) in [6.07, 6.45) is 0.740. The molecule has 0 bridgehead atoms. The highest BCUT2D eigenvalue weighted by Crippen LogP contribution is 2.39. The maximum absolute atomic E-state index is 11.3. The van der Waals surface area contributed by atoms with E-state index in [4.69, 9.17) is 10.7 Å².